The Kier molecular flexibility index (Phi) is 7.07. The van der Waals surface area contributed by atoms with E-state index in [1.165, 1.54) is 12.1 Å². The first-order chi connectivity index (χ1) is 21.8. The van der Waals surface area contributed by atoms with Gasteiger partial charge >= 0.3 is 0 Å². The first-order valence-corrected chi connectivity index (χ1v) is 14.9. The minimum atomic E-state index is -0.509. The van der Waals surface area contributed by atoms with Crippen molar-refractivity contribution in [1.29, 1.82) is 0 Å². The van der Waals surface area contributed by atoms with Gasteiger partial charge in [-0.15, -0.1) is 0 Å². The Balaban J connectivity index is 1.63. The molecule has 4 aromatic carbocycles. The van der Waals surface area contributed by atoms with Crippen molar-refractivity contribution in [3.8, 4) is 17.1 Å². The molecule has 0 amide bonds. The molecular formula is C34H26Cl2N6O3. The first-order valence-electron chi connectivity index (χ1n) is 14.2. The molecule has 0 atom stereocenters. The summed E-state index contributed by atoms with van der Waals surface area (Å²) >= 11 is 13.9. The summed E-state index contributed by atoms with van der Waals surface area (Å²) in [5.74, 6) is 1.86. The van der Waals surface area contributed by atoms with Crippen LogP contribution in [0.1, 0.15) is 34.0 Å². The van der Waals surface area contributed by atoms with Crippen molar-refractivity contribution in [2.75, 3.05) is 12.0 Å². The van der Waals surface area contributed by atoms with Crippen LogP contribution in [0.25, 0.3) is 11.4 Å². The number of nitro benzene ring substituents is 1. The second-order valence-corrected chi connectivity index (χ2v) is 11.5. The molecule has 45 heavy (non-hydrogen) atoms. The summed E-state index contributed by atoms with van der Waals surface area (Å²) < 4.78 is 9.22. The number of aryl methyl sites for hydroxylation is 2. The summed E-state index contributed by atoms with van der Waals surface area (Å²) in [6, 6.07) is 30.2. The van der Waals surface area contributed by atoms with Gasteiger partial charge in [0, 0.05) is 29.2 Å². The number of fused-ring (bicyclic) bond motifs is 2. The van der Waals surface area contributed by atoms with Crippen molar-refractivity contribution < 1.29 is 9.66 Å². The number of hydrogen-bond acceptors (Lipinski definition) is 6. The molecular weight excluding hydrogens is 611 g/mol. The number of anilines is 3. The van der Waals surface area contributed by atoms with Gasteiger partial charge < -0.3 is 4.74 Å². The van der Waals surface area contributed by atoms with Gasteiger partial charge in [-0.25, -0.2) is 9.36 Å². The number of aromatic nitrogens is 4. The van der Waals surface area contributed by atoms with Crippen molar-refractivity contribution in [2.45, 2.75) is 19.8 Å². The van der Waals surface area contributed by atoms with Crippen LogP contribution in [0.15, 0.2) is 97.1 Å². The number of non-ortho nitro benzene ring substituents is 1. The number of rotatable bonds is 6. The second kappa shape index (κ2) is 11.1. The number of methoxy groups -OCH3 is 1. The van der Waals surface area contributed by atoms with E-state index in [2.05, 4.69) is 12.1 Å². The normalized spacial score (nSPS) is 12.6. The second-order valence-electron chi connectivity index (χ2n) is 10.7. The summed E-state index contributed by atoms with van der Waals surface area (Å²) in [6.45, 7) is 3.96. The molecule has 0 saturated carbocycles. The molecule has 0 saturated heterocycles. The molecule has 0 unspecified atom stereocenters. The number of halogens is 2. The summed E-state index contributed by atoms with van der Waals surface area (Å²) in [7, 11) is 1.64. The van der Waals surface area contributed by atoms with Gasteiger partial charge in [-0.2, -0.15) is 10.2 Å². The van der Waals surface area contributed by atoms with E-state index in [9.17, 15) is 10.1 Å². The van der Waals surface area contributed by atoms with E-state index in [0.717, 1.165) is 45.2 Å². The molecule has 0 radical (unpaired) electrons. The first kappa shape index (κ1) is 28.6. The van der Waals surface area contributed by atoms with E-state index >= 15 is 0 Å². The predicted octanol–water partition coefficient (Wildman–Crippen LogP) is 8.86. The third kappa shape index (κ3) is 4.63. The van der Waals surface area contributed by atoms with E-state index in [1.54, 1.807) is 7.11 Å². The third-order valence-electron chi connectivity index (χ3n) is 8.05. The van der Waals surface area contributed by atoms with E-state index in [1.807, 2.05) is 101 Å². The standard InChI is InChI=1S/C34H26Cl2N6O3/c1-20-29-31(22-14-16-26(45-3)17-15-22)30-21(2)38-41(24-12-8-5-9-13-24)34(30)39(32-27(35)18-25(42(43)44)19-28(32)36)33(29)40(37-20)23-10-6-4-7-11-23/h4-19,31H,1-3H3. The Morgan fingerprint density at radius 2 is 1.22 bits per heavy atom. The van der Waals surface area contributed by atoms with Gasteiger partial charge in [0.25, 0.3) is 5.69 Å². The number of para-hydroxylation sites is 2. The Bertz CT molecular complexity index is 1960. The van der Waals surface area contributed by atoms with Crippen LogP contribution in [0.2, 0.25) is 10.0 Å². The van der Waals surface area contributed by atoms with Crippen LogP contribution in [0, 0.1) is 24.0 Å². The fourth-order valence-corrected chi connectivity index (χ4v) is 6.76. The number of benzene rings is 4. The highest BCUT2D eigenvalue weighted by Crippen LogP contribution is 2.57. The molecule has 1 aliphatic rings. The Morgan fingerprint density at radius 1 is 0.756 bits per heavy atom. The molecule has 11 heteroatoms. The van der Waals surface area contributed by atoms with Crippen molar-refractivity contribution in [3.05, 3.63) is 145 Å². The van der Waals surface area contributed by atoms with Crippen LogP contribution in [0.4, 0.5) is 23.0 Å². The minimum Gasteiger partial charge on any atom is -0.497 e. The van der Waals surface area contributed by atoms with E-state index < -0.39 is 4.92 Å². The average molecular weight is 638 g/mol. The third-order valence-corrected chi connectivity index (χ3v) is 8.63. The van der Waals surface area contributed by atoms with Gasteiger partial charge in [0.2, 0.25) is 0 Å². The molecule has 3 heterocycles. The molecule has 9 nitrogen and oxygen atoms in total. The predicted molar refractivity (Wildman–Crippen MR) is 175 cm³/mol. The summed E-state index contributed by atoms with van der Waals surface area (Å²) in [4.78, 5) is 13.2. The number of nitrogens with zero attached hydrogens (tertiary/aromatic N) is 6. The summed E-state index contributed by atoms with van der Waals surface area (Å²) in [6.07, 6.45) is 0. The average Bonchev–Trinajstić information content (AvgIpc) is 3.58. The van der Waals surface area contributed by atoms with Gasteiger partial charge in [-0.3, -0.25) is 15.0 Å². The van der Waals surface area contributed by atoms with Crippen LogP contribution >= 0.6 is 23.2 Å². The van der Waals surface area contributed by atoms with Gasteiger partial charge in [0.1, 0.15) is 17.4 Å². The molecule has 0 aliphatic carbocycles. The highest BCUT2D eigenvalue weighted by Gasteiger charge is 2.43. The summed E-state index contributed by atoms with van der Waals surface area (Å²) in [5.41, 5.74) is 6.29. The van der Waals surface area contributed by atoms with E-state index in [0.29, 0.717) is 17.3 Å². The Morgan fingerprint density at radius 3 is 1.64 bits per heavy atom. The molecule has 0 bridgehead atoms. The van der Waals surface area contributed by atoms with Crippen LogP contribution in [0.3, 0.4) is 0 Å². The molecule has 0 fully saturated rings. The Hall–Kier alpha value is -5.12. The quantitative estimate of drug-likeness (QED) is 0.134. The molecule has 1 aliphatic heterocycles. The van der Waals surface area contributed by atoms with Gasteiger partial charge in [0.15, 0.2) is 0 Å². The number of nitro groups is 1. The molecule has 7 rings (SSSR count). The zero-order valence-corrected chi connectivity index (χ0v) is 26.0. The maximum atomic E-state index is 11.8. The molecule has 0 N–H and O–H groups in total. The van der Waals surface area contributed by atoms with Crippen molar-refractivity contribution in [3.63, 3.8) is 0 Å². The van der Waals surface area contributed by atoms with Gasteiger partial charge in [-0.05, 0) is 55.8 Å². The fraction of sp³-hybridized carbons (Fsp3) is 0.118. The van der Waals surface area contributed by atoms with Gasteiger partial charge in [-0.1, -0.05) is 71.7 Å². The highest BCUT2D eigenvalue weighted by atomic mass is 35.5. The minimum absolute atomic E-state index is 0.117. The van der Waals surface area contributed by atoms with Crippen molar-refractivity contribution in [2.24, 2.45) is 0 Å². The number of hydrogen-bond donors (Lipinski definition) is 0. The van der Waals surface area contributed by atoms with E-state index in [4.69, 9.17) is 38.1 Å². The number of ether oxygens (including phenoxy) is 1. The highest BCUT2D eigenvalue weighted by molar-refractivity contribution is 6.40. The maximum absolute atomic E-state index is 11.8. The molecule has 2 aromatic heterocycles. The lowest BCUT2D eigenvalue weighted by Gasteiger charge is -2.36. The molecule has 6 aromatic rings. The summed E-state index contributed by atoms with van der Waals surface area (Å²) in [5, 5.41) is 22.1. The lowest BCUT2D eigenvalue weighted by Crippen LogP contribution is -2.26. The fourth-order valence-electron chi connectivity index (χ4n) is 6.12. The van der Waals surface area contributed by atoms with Crippen LogP contribution in [-0.4, -0.2) is 31.6 Å². The van der Waals surface area contributed by atoms with Crippen LogP contribution in [0.5, 0.6) is 5.75 Å². The van der Waals surface area contributed by atoms with Crippen molar-refractivity contribution in [1.82, 2.24) is 19.6 Å². The smallest absolute Gasteiger partial charge is 0.272 e. The zero-order valence-electron chi connectivity index (χ0n) is 24.5. The lowest BCUT2D eigenvalue weighted by atomic mass is 9.81. The molecule has 224 valence electrons. The zero-order chi connectivity index (χ0) is 31.4. The molecule has 0 spiro atoms. The van der Waals surface area contributed by atoms with Crippen LogP contribution in [-0.2, 0) is 0 Å². The van der Waals surface area contributed by atoms with Gasteiger partial charge in [0.05, 0.1) is 50.5 Å². The lowest BCUT2D eigenvalue weighted by molar-refractivity contribution is -0.384. The van der Waals surface area contributed by atoms with E-state index in [-0.39, 0.29) is 21.7 Å². The van der Waals surface area contributed by atoms with Crippen LogP contribution < -0.4 is 9.64 Å². The Labute approximate surface area is 269 Å². The monoisotopic (exact) mass is 636 g/mol. The maximum Gasteiger partial charge on any atom is 0.272 e. The SMILES string of the molecule is COc1ccc(C2c3c(C)nn(-c4ccccc4)c3N(c3c(Cl)cc([N+](=O)[O-])cc3Cl)c3c2c(C)nn3-c2ccccc2)cc1. The van der Waals surface area contributed by atoms with Crippen molar-refractivity contribution >= 4 is 46.2 Å². The topological polar surface area (TPSA) is 91.2 Å². The largest absolute Gasteiger partial charge is 0.497 e.